The van der Waals surface area contributed by atoms with Gasteiger partial charge in [-0.15, -0.1) is 0 Å². The molecule has 0 saturated heterocycles. The monoisotopic (exact) mass is 499 g/mol. The molecule has 3 aromatic carbocycles. The van der Waals surface area contributed by atoms with Crippen LogP contribution >= 0.6 is 0 Å². The van der Waals surface area contributed by atoms with Crippen LogP contribution in [-0.4, -0.2) is 38.6 Å². The zero-order valence-corrected chi connectivity index (χ0v) is 21.9. The van der Waals surface area contributed by atoms with Crippen LogP contribution in [-0.2, 0) is 24.1 Å². The number of hydrogen-bond donors (Lipinski definition) is 2. The van der Waals surface area contributed by atoms with Crippen molar-refractivity contribution in [1.29, 1.82) is 0 Å². The number of nitrogens with zero attached hydrogens (tertiary/aromatic N) is 1. The molecule has 0 spiro atoms. The number of aryl methyl sites for hydroxylation is 1. The Morgan fingerprint density at radius 3 is 2.49 bits per heavy atom. The maximum absolute atomic E-state index is 13.3. The topological polar surface area (TPSA) is 70.7 Å². The number of amides is 2. The summed E-state index contributed by atoms with van der Waals surface area (Å²) >= 11 is 0. The molecule has 2 amide bonds. The van der Waals surface area contributed by atoms with E-state index in [1.165, 1.54) is 16.7 Å². The molecule has 0 fully saturated rings. The predicted octanol–water partition coefficient (Wildman–Crippen LogP) is 5.61. The summed E-state index contributed by atoms with van der Waals surface area (Å²) < 4.78 is 5.11. The summed E-state index contributed by atoms with van der Waals surface area (Å²) in [5, 5.41) is 5.99. The minimum absolute atomic E-state index is 0.152. The number of methoxy groups -OCH3 is 1. The molecule has 6 heteroatoms. The Morgan fingerprint density at radius 1 is 0.946 bits per heavy atom. The van der Waals surface area contributed by atoms with Crippen LogP contribution in [0.4, 0.5) is 11.4 Å². The zero-order chi connectivity index (χ0) is 26.0. The van der Waals surface area contributed by atoms with Crippen LogP contribution in [0.2, 0.25) is 0 Å². The molecule has 2 N–H and O–H groups in total. The Labute approximate surface area is 220 Å². The Balaban J connectivity index is 1.53. The summed E-state index contributed by atoms with van der Waals surface area (Å²) in [6, 6.07) is 21.8. The molecule has 37 heavy (non-hydrogen) atoms. The summed E-state index contributed by atoms with van der Waals surface area (Å²) in [5.41, 5.74) is 6.50. The molecule has 3 aromatic rings. The number of rotatable bonds is 11. The van der Waals surface area contributed by atoms with Gasteiger partial charge in [0, 0.05) is 50.3 Å². The van der Waals surface area contributed by atoms with Gasteiger partial charge < -0.3 is 20.3 Å². The van der Waals surface area contributed by atoms with Gasteiger partial charge in [-0.1, -0.05) is 49.7 Å². The van der Waals surface area contributed by atoms with E-state index < -0.39 is 0 Å². The lowest BCUT2D eigenvalue weighted by Crippen LogP contribution is -2.33. The molecule has 0 aromatic heterocycles. The number of fused-ring (bicyclic) bond motifs is 1. The molecule has 4 rings (SSSR count). The fraction of sp³-hybridized carbons (Fsp3) is 0.355. The van der Waals surface area contributed by atoms with Crippen molar-refractivity contribution in [3.63, 3.8) is 0 Å². The number of carbonyl (C=O) groups is 2. The average molecular weight is 500 g/mol. The van der Waals surface area contributed by atoms with Gasteiger partial charge in [-0.3, -0.25) is 9.59 Å². The Hall–Kier alpha value is -3.64. The van der Waals surface area contributed by atoms with Crippen molar-refractivity contribution in [3.8, 4) is 0 Å². The van der Waals surface area contributed by atoms with Crippen molar-refractivity contribution in [1.82, 2.24) is 5.32 Å². The molecule has 0 bridgehead atoms. The summed E-state index contributed by atoms with van der Waals surface area (Å²) in [5.74, 6) is -0.338. The van der Waals surface area contributed by atoms with E-state index in [0.29, 0.717) is 30.0 Å². The van der Waals surface area contributed by atoms with Crippen molar-refractivity contribution in [2.45, 2.75) is 45.6 Å². The lowest BCUT2D eigenvalue weighted by Gasteiger charge is -2.32. The molecule has 1 aliphatic heterocycles. The minimum Gasteiger partial charge on any atom is -0.385 e. The van der Waals surface area contributed by atoms with E-state index in [-0.39, 0.29) is 11.8 Å². The largest absolute Gasteiger partial charge is 0.385 e. The summed E-state index contributed by atoms with van der Waals surface area (Å²) in [6.07, 6.45) is 4.96. The first-order chi connectivity index (χ1) is 18.1. The highest BCUT2D eigenvalue weighted by atomic mass is 16.5. The molecule has 194 valence electrons. The summed E-state index contributed by atoms with van der Waals surface area (Å²) in [6.45, 7) is 4.86. The van der Waals surface area contributed by atoms with Gasteiger partial charge in [-0.05, 0) is 72.7 Å². The van der Waals surface area contributed by atoms with E-state index in [9.17, 15) is 9.59 Å². The minimum atomic E-state index is -0.187. The third-order valence-electron chi connectivity index (χ3n) is 6.82. The zero-order valence-electron chi connectivity index (χ0n) is 21.9. The Morgan fingerprint density at radius 2 is 1.73 bits per heavy atom. The standard InChI is InChI=1S/C31H37N3O3/c1-3-4-8-23-11-13-25(14-12-23)30(35)33-27-15-16-29(28(21-27)31(36)32-18-7-20-37-2)34-19-17-24-9-5-6-10-26(24)22-34/h5-6,9-16,21H,3-4,7-8,17-20,22H2,1-2H3,(H,32,36)(H,33,35). The van der Waals surface area contributed by atoms with Gasteiger partial charge >= 0.3 is 0 Å². The number of ether oxygens (including phenoxy) is 1. The molecular weight excluding hydrogens is 462 g/mol. The highest BCUT2D eigenvalue weighted by molar-refractivity contribution is 6.06. The third-order valence-corrected chi connectivity index (χ3v) is 6.82. The van der Waals surface area contributed by atoms with Gasteiger partial charge in [0.25, 0.3) is 11.8 Å². The second-order valence-electron chi connectivity index (χ2n) is 9.53. The van der Waals surface area contributed by atoms with Gasteiger partial charge in [0.15, 0.2) is 0 Å². The maximum atomic E-state index is 13.3. The molecule has 1 heterocycles. The Bertz CT molecular complexity index is 1210. The quantitative estimate of drug-likeness (QED) is 0.337. The SMILES string of the molecule is CCCCc1ccc(C(=O)Nc2ccc(N3CCc4ccccc4C3)c(C(=O)NCCCOC)c2)cc1. The number of carbonyl (C=O) groups excluding carboxylic acids is 2. The number of nitrogens with one attached hydrogen (secondary N) is 2. The molecule has 0 saturated carbocycles. The van der Waals surface area contributed by atoms with Crippen LogP contribution in [0.3, 0.4) is 0 Å². The average Bonchev–Trinajstić information content (AvgIpc) is 2.94. The maximum Gasteiger partial charge on any atom is 0.255 e. The van der Waals surface area contributed by atoms with E-state index >= 15 is 0 Å². The molecule has 0 atom stereocenters. The van der Waals surface area contributed by atoms with Crippen molar-refractivity contribution >= 4 is 23.2 Å². The van der Waals surface area contributed by atoms with E-state index in [1.807, 2.05) is 36.4 Å². The van der Waals surface area contributed by atoms with Crippen molar-refractivity contribution in [3.05, 3.63) is 94.5 Å². The molecule has 0 aliphatic carbocycles. The van der Waals surface area contributed by atoms with Gasteiger partial charge in [-0.2, -0.15) is 0 Å². The van der Waals surface area contributed by atoms with E-state index in [1.54, 1.807) is 13.2 Å². The van der Waals surface area contributed by atoms with Crippen LogP contribution in [0.5, 0.6) is 0 Å². The lowest BCUT2D eigenvalue weighted by molar-refractivity contribution is 0.0947. The van der Waals surface area contributed by atoms with E-state index in [4.69, 9.17) is 4.74 Å². The number of hydrogen-bond acceptors (Lipinski definition) is 4. The lowest BCUT2D eigenvalue weighted by atomic mass is 9.98. The van der Waals surface area contributed by atoms with Crippen molar-refractivity contribution < 1.29 is 14.3 Å². The molecule has 1 aliphatic rings. The number of unbranched alkanes of at least 4 members (excludes halogenated alkanes) is 1. The third kappa shape index (κ3) is 6.98. The summed E-state index contributed by atoms with van der Waals surface area (Å²) in [4.78, 5) is 28.5. The van der Waals surface area contributed by atoms with E-state index in [0.717, 1.165) is 50.9 Å². The number of anilines is 2. The second kappa shape index (κ2) is 13.1. The molecule has 6 nitrogen and oxygen atoms in total. The van der Waals surface area contributed by atoms with Crippen LogP contribution in [0, 0.1) is 0 Å². The number of benzene rings is 3. The second-order valence-corrected chi connectivity index (χ2v) is 9.53. The van der Waals surface area contributed by atoms with Crippen LogP contribution in [0.15, 0.2) is 66.7 Å². The van der Waals surface area contributed by atoms with Gasteiger partial charge in [0.05, 0.1) is 5.56 Å². The fourth-order valence-electron chi connectivity index (χ4n) is 4.69. The highest BCUT2D eigenvalue weighted by Crippen LogP contribution is 2.30. The first-order valence-corrected chi connectivity index (χ1v) is 13.2. The first kappa shape index (κ1) is 26.4. The first-order valence-electron chi connectivity index (χ1n) is 13.2. The fourth-order valence-corrected chi connectivity index (χ4v) is 4.69. The van der Waals surface area contributed by atoms with Gasteiger partial charge in [0.2, 0.25) is 0 Å². The smallest absolute Gasteiger partial charge is 0.255 e. The van der Waals surface area contributed by atoms with Crippen LogP contribution in [0.25, 0.3) is 0 Å². The van der Waals surface area contributed by atoms with Crippen molar-refractivity contribution in [2.75, 3.05) is 37.0 Å². The van der Waals surface area contributed by atoms with E-state index in [2.05, 4.69) is 46.7 Å². The highest BCUT2D eigenvalue weighted by Gasteiger charge is 2.22. The molecule has 0 radical (unpaired) electrons. The van der Waals surface area contributed by atoms with Crippen molar-refractivity contribution in [2.24, 2.45) is 0 Å². The van der Waals surface area contributed by atoms with Crippen LogP contribution in [0.1, 0.15) is 63.6 Å². The normalized spacial score (nSPS) is 12.6. The Kier molecular flexibility index (Phi) is 9.33. The molecular formula is C31H37N3O3. The summed E-state index contributed by atoms with van der Waals surface area (Å²) in [7, 11) is 1.65. The van der Waals surface area contributed by atoms with Gasteiger partial charge in [-0.25, -0.2) is 0 Å². The van der Waals surface area contributed by atoms with Crippen LogP contribution < -0.4 is 15.5 Å². The van der Waals surface area contributed by atoms with Gasteiger partial charge in [0.1, 0.15) is 0 Å². The molecule has 0 unspecified atom stereocenters. The predicted molar refractivity (Wildman–Crippen MR) is 149 cm³/mol.